The van der Waals surface area contributed by atoms with Crippen molar-refractivity contribution in [1.82, 2.24) is 5.73 Å². The van der Waals surface area contributed by atoms with Crippen LogP contribution >= 0.6 is 7.60 Å². The van der Waals surface area contributed by atoms with E-state index in [2.05, 4.69) is 0 Å². The fraction of sp³-hybridized carbons (Fsp3) is 0.833. The zero-order valence-electron chi connectivity index (χ0n) is 7.20. The van der Waals surface area contributed by atoms with Crippen molar-refractivity contribution in [3.8, 4) is 0 Å². The maximum Gasteiger partial charge on any atom is 0.340 e. The lowest BCUT2D eigenvalue weighted by molar-refractivity contribution is -0.116. The Labute approximate surface area is 71.8 Å². The molecule has 1 N–H and O–H groups in total. The maximum absolute atomic E-state index is 11.4. The second kappa shape index (κ2) is 5.30. The van der Waals surface area contributed by atoms with Gasteiger partial charge < -0.3 is 9.05 Å². The summed E-state index contributed by atoms with van der Waals surface area (Å²) in [7, 11) is -3.31. The van der Waals surface area contributed by atoms with Gasteiger partial charge in [0, 0.05) is 0 Å². The minimum atomic E-state index is -3.31. The third-order valence-electron chi connectivity index (χ3n) is 0.989. The Kier molecular flexibility index (Phi) is 5.13. The van der Waals surface area contributed by atoms with E-state index in [-0.39, 0.29) is 13.2 Å². The molecule has 71 valence electrons. The Bertz CT molecular complexity index is 184. The first-order valence-corrected chi connectivity index (χ1v) is 5.39. The van der Waals surface area contributed by atoms with Gasteiger partial charge in [-0.3, -0.25) is 15.1 Å². The number of hydrogen-bond acceptors (Lipinski definition) is 4. The van der Waals surface area contributed by atoms with Crippen molar-refractivity contribution in [2.45, 2.75) is 13.8 Å². The van der Waals surface area contributed by atoms with Gasteiger partial charge in [0.25, 0.3) is 5.91 Å². The van der Waals surface area contributed by atoms with E-state index >= 15 is 0 Å². The number of hydrogen-bond donors (Lipinski definition) is 0. The first kappa shape index (κ1) is 11.6. The Morgan fingerprint density at radius 3 is 2.00 bits per heavy atom. The van der Waals surface area contributed by atoms with Crippen LogP contribution in [0.25, 0.3) is 0 Å². The van der Waals surface area contributed by atoms with Crippen LogP contribution in [0.4, 0.5) is 0 Å². The minimum absolute atomic E-state index is 0.213. The highest BCUT2D eigenvalue weighted by molar-refractivity contribution is 7.54. The summed E-state index contributed by atoms with van der Waals surface area (Å²) in [5, 5.41) is 0. The smallest absolute Gasteiger partial charge is 0.309 e. The zero-order chi connectivity index (χ0) is 9.61. The van der Waals surface area contributed by atoms with Crippen molar-refractivity contribution in [3.63, 3.8) is 0 Å². The molecular formula is C6H13NO4P. The second-order valence-corrected chi connectivity index (χ2v) is 4.08. The molecule has 0 rings (SSSR count). The molecule has 12 heavy (non-hydrogen) atoms. The van der Waals surface area contributed by atoms with E-state index in [0.29, 0.717) is 0 Å². The fourth-order valence-electron chi connectivity index (χ4n) is 0.698. The van der Waals surface area contributed by atoms with E-state index in [1.165, 1.54) is 0 Å². The summed E-state index contributed by atoms with van der Waals surface area (Å²) in [5.41, 5.74) is 6.62. The zero-order valence-corrected chi connectivity index (χ0v) is 8.10. The van der Waals surface area contributed by atoms with E-state index < -0.39 is 19.7 Å². The molecule has 0 unspecified atom stereocenters. The summed E-state index contributed by atoms with van der Waals surface area (Å²) in [6.07, 6.45) is -0.464. The molecule has 0 saturated carbocycles. The Morgan fingerprint density at radius 1 is 1.33 bits per heavy atom. The lowest BCUT2D eigenvalue weighted by atomic mass is 10.8. The number of nitrogens with one attached hydrogen (secondary N) is 1. The summed E-state index contributed by atoms with van der Waals surface area (Å²) in [4.78, 5) is 10.3. The monoisotopic (exact) mass is 194 g/mol. The van der Waals surface area contributed by atoms with Crippen LogP contribution in [0.15, 0.2) is 0 Å². The van der Waals surface area contributed by atoms with Crippen LogP contribution in [0.5, 0.6) is 0 Å². The second-order valence-electron chi connectivity index (χ2n) is 2.03. The van der Waals surface area contributed by atoms with Crippen LogP contribution in [0.1, 0.15) is 13.8 Å². The highest BCUT2D eigenvalue weighted by Crippen LogP contribution is 2.47. The van der Waals surface area contributed by atoms with Gasteiger partial charge in [-0.25, -0.2) is 0 Å². The van der Waals surface area contributed by atoms with Gasteiger partial charge in [0.2, 0.25) is 0 Å². The third kappa shape index (κ3) is 4.49. The molecule has 0 fully saturated rings. The van der Waals surface area contributed by atoms with E-state index in [1.807, 2.05) is 0 Å². The lowest BCUT2D eigenvalue weighted by Gasteiger charge is -2.14. The fourth-order valence-corrected chi connectivity index (χ4v) is 2.09. The molecule has 5 nitrogen and oxygen atoms in total. The molecule has 0 spiro atoms. The van der Waals surface area contributed by atoms with E-state index in [1.54, 1.807) is 13.8 Å². The van der Waals surface area contributed by atoms with Gasteiger partial charge in [-0.15, -0.1) is 0 Å². The van der Waals surface area contributed by atoms with E-state index in [9.17, 15) is 9.36 Å². The van der Waals surface area contributed by atoms with Crippen molar-refractivity contribution in [2.75, 3.05) is 19.4 Å². The summed E-state index contributed by atoms with van der Waals surface area (Å²) in [6, 6.07) is 0. The van der Waals surface area contributed by atoms with E-state index in [4.69, 9.17) is 14.8 Å². The largest absolute Gasteiger partial charge is 0.340 e. The van der Waals surface area contributed by atoms with Crippen molar-refractivity contribution >= 4 is 13.5 Å². The summed E-state index contributed by atoms with van der Waals surface area (Å²) in [5.74, 6) is -0.930. The normalized spacial score (nSPS) is 11.5. The number of carbonyl (C=O) groups excluding carboxylic acids is 1. The third-order valence-corrected chi connectivity index (χ3v) is 2.97. The molecule has 0 aliphatic heterocycles. The molecule has 0 bridgehead atoms. The van der Waals surface area contributed by atoms with Gasteiger partial charge in [-0.1, -0.05) is 0 Å². The number of amides is 1. The highest BCUT2D eigenvalue weighted by atomic mass is 31.2. The predicted octanol–water partition coefficient (Wildman–Crippen LogP) is 1.06. The Balaban J connectivity index is 4.18. The molecule has 0 aliphatic rings. The Hall–Kier alpha value is -0.380. The van der Waals surface area contributed by atoms with E-state index in [0.717, 1.165) is 0 Å². The number of rotatable bonds is 6. The molecule has 0 atom stereocenters. The molecular weight excluding hydrogens is 181 g/mol. The minimum Gasteiger partial charge on any atom is -0.309 e. The van der Waals surface area contributed by atoms with Gasteiger partial charge >= 0.3 is 7.60 Å². The van der Waals surface area contributed by atoms with Gasteiger partial charge in [-0.05, 0) is 13.8 Å². The van der Waals surface area contributed by atoms with Crippen LogP contribution < -0.4 is 5.73 Å². The summed E-state index contributed by atoms with van der Waals surface area (Å²) in [6.45, 7) is 3.73. The van der Waals surface area contributed by atoms with Crippen molar-refractivity contribution in [3.05, 3.63) is 0 Å². The molecule has 1 amide bonds. The van der Waals surface area contributed by atoms with Crippen LogP contribution in [0.3, 0.4) is 0 Å². The SMILES string of the molecule is CCOP(=O)(CC([NH])=O)OCC. The van der Waals surface area contributed by atoms with Crippen molar-refractivity contribution < 1.29 is 18.4 Å². The van der Waals surface area contributed by atoms with Crippen LogP contribution in [0, 0.1) is 0 Å². The van der Waals surface area contributed by atoms with Crippen molar-refractivity contribution in [2.24, 2.45) is 0 Å². The van der Waals surface area contributed by atoms with Crippen molar-refractivity contribution in [1.29, 1.82) is 0 Å². The highest BCUT2D eigenvalue weighted by Gasteiger charge is 2.26. The quantitative estimate of drug-likeness (QED) is 0.592. The standard InChI is InChI=1S/C6H13NO4P/c1-3-10-12(9,11-4-2)5-6(7)8/h7H,3-5H2,1-2H3. The molecule has 0 aliphatic carbocycles. The van der Waals surface area contributed by atoms with Gasteiger partial charge in [0.05, 0.1) is 13.2 Å². The molecule has 1 radical (unpaired) electrons. The van der Waals surface area contributed by atoms with Crippen LogP contribution in [-0.2, 0) is 18.4 Å². The molecule has 0 aromatic carbocycles. The van der Waals surface area contributed by atoms with Crippen LogP contribution in [0.2, 0.25) is 0 Å². The first-order chi connectivity index (χ1) is 5.54. The van der Waals surface area contributed by atoms with Gasteiger partial charge in [0.15, 0.2) is 0 Å². The topological polar surface area (TPSA) is 76.4 Å². The molecule has 0 aromatic heterocycles. The van der Waals surface area contributed by atoms with Gasteiger partial charge in [0.1, 0.15) is 6.16 Å². The average molecular weight is 194 g/mol. The molecule has 0 aromatic rings. The molecule has 0 heterocycles. The predicted molar refractivity (Wildman–Crippen MR) is 43.8 cm³/mol. The lowest BCUT2D eigenvalue weighted by Crippen LogP contribution is -2.09. The first-order valence-electron chi connectivity index (χ1n) is 3.66. The summed E-state index contributed by atoms with van der Waals surface area (Å²) >= 11 is 0. The number of carbonyl (C=O) groups is 1. The molecule has 0 saturated heterocycles. The maximum atomic E-state index is 11.4. The summed E-state index contributed by atoms with van der Waals surface area (Å²) < 4.78 is 21.0. The average Bonchev–Trinajstić information content (AvgIpc) is 1.85. The Morgan fingerprint density at radius 2 is 1.75 bits per heavy atom. The van der Waals surface area contributed by atoms with Crippen LogP contribution in [-0.4, -0.2) is 25.3 Å². The molecule has 6 heteroatoms. The van der Waals surface area contributed by atoms with Gasteiger partial charge in [-0.2, -0.15) is 0 Å².